The van der Waals surface area contributed by atoms with Gasteiger partial charge in [-0.25, -0.2) is 0 Å². The molecule has 328 valence electrons. The predicted octanol–water partition coefficient (Wildman–Crippen LogP) is -0.883. The Bertz CT molecular complexity index is 1410. The van der Waals surface area contributed by atoms with Crippen LogP contribution in [0.1, 0.15) is 91.9 Å². The molecule has 0 radical (unpaired) electrons. The number of aliphatic hydroxyl groups excluding tert-OH is 9. The number of rotatable bonds is 10. The van der Waals surface area contributed by atoms with Crippen molar-refractivity contribution >= 4 is 5.97 Å². The second-order valence-electron chi connectivity index (χ2n) is 18.8. The highest BCUT2D eigenvalue weighted by Gasteiger charge is 2.61. The van der Waals surface area contributed by atoms with Gasteiger partial charge >= 0.3 is 5.97 Å². The van der Waals surface area contributed by atoms with E-state index in [0.717, 1.165) is 50.5 Å². The van der Waals surface area contributed by atoms with Gasteiger partial charge in [0, 0.05) is 6.42 Å². The van der Waals surface area contributed by atoms with Crippen LogP contribution in [0.4, 0.5) is 0 Å². The van der Waals surface area contributed by atoms with E-state index in [9.17, 15) is 55.9 Å². The topological polar surface area (TPSA) is 275 Å². The summed E-state index contributed by atoms with van der Waals surface area (Å²) in [5, 5.41) is 105. The number of hydrogen-bond donors (Lipinski definition) is 10. The third-order valence-corrected chi connectivity index (χ3v) is 14.8. The molecule has 0 spiro atoms. The van der Waals surface area contributed by atoms with Crippen molar-refractivity contribution in [2.24, 2.45) is 28.1 Å². The van der Waals surface area contributed by atoms with Gasteiger partial charge in [0.2, 0.25) is 6.29 Å². The van der Waals surface area contributed by atoms with Crippen LogP contribution >= 0.6 is 0 Å². The van der Waals surface area contributed by atoms with Crippen molar-refractivity contribution in [3.63, 3.8) is 0 Å². The van der Waals surface area contributed by atoms with Crippen LogP contribution in [0.5, 0.6) is 0 Å². The molecule has 57 heavy (non-hydrogen) atoms. The molecular formula is C40H66O17. The Morgan fingerprint density at radius 2 is 1.30 bits per heavy atom. The van der Waals surface area contributed by atoms with Crippen molar-refractivity contribution in [3.05, 3.63) is 12.2 Å². The highest BCUT2D eigenvalue weighted by Crippen LogP contribution is 2.68. The van der Waals surface area contributed by atoms with Crippen molar-refractivity contribution in [2.75, 3.05) is 19.8 Å². The fraction of sp³-hybridized carbons (Fsp3) is 0.925. The van der Waals surface area contributed by atoms with Crippen LogP contribution in [-0.4, -0.2) is 168 Å². The highest BCUT2D eigenvalue weighted by molar-refractivity contribution is 5.70. The Balaban J connectivity index is 1.27. The van der Waals surface area contributed by atoms with E-state index in [-0.39, 0.29) is 35.5 Å². The van der Waals surface area contributed by atoms with Gasteiger partial charge < -0.3 is 79.5 Å². The van der Waals surface area contributed by atoms with E-state index in [0.29, 0.717) is 6.42 Å². The zero-order valence-corrected chi connectivity index (χ0v) is 33.5. The van der Waals surface area contributed by atoms with Gasteiger partial charge in [0.05, 0.1) is 37.9 Å². The Hall–Kier alpha value is -1.39. The minimum atomic E-state index is -1.91. The van der Waals surface area contributed by atoms with Crippen LogP contribution < -0.4 is 0 Å². The minimum Gasteiger partial charge on any atom is -0.433 e. The molecule has 17 heteroatoms. The molecule has 0 aromatic rings. The molecule has 3 saturated carbocycles. The SMILES string of the molecule is C=C1C[C@@]2(C)CC[C@@H]3[C@](C)(CC(=O)OC4OC(CO)C(O)C(OC5OC(CO)C(O)C(O)C5O)C4OC4OC(CO)C(O)CC4O)CCC[C@@]3(C)[C@@H]2CC[C@@]1(C)O. The van der Waals surface area contributed by atoms with E-state index in [4.69, 9.17) is 28.4 Å². The summed E-state index contributed by atoms with van der Waals surface area (Å²) in [5.41, 5.74) is -0.816. The minimum absolute atomic E-state index is 0.0282. The predicted molar refractivity (Wildman–Crippen MR) is 196 cm³/mol. The van der Waals surface area contributed by atoms with Gasteiger partial charge in [0.1, 0.15) is 54.9 Å². The molecule has 6 aliphatic rings. The first-order valence-electron chi connectivity index (χ1n) is 20.5. The van der Waals surface area contributed by atoms with Crippen molar-refractivity contribution in [1.82, 2.24) is 0 Å². The molecule has 20 atom stereocenters. The van der Waals surface area contributed by atoms with Gasteiger partial charge in [0.25, 0.3) is 0 Å². The van der Waals surface area contributed by atoms with Gasteiger partial charge in [0.15, 0.2) is 18.7 Å². The molecule has 3 aliphatic heterocycles. The summed E-state index contributed by atoms with van der Waals surface area (Å²) in [6.45, 7) is 10.6. The third-order valence-electron chi connectivity index (χ3n) is 14.8. The highest BCUT2D eigenvalue weighted by atomic mass is 16.8. The zero-order valence-electron chi connectivity index (χ0n) is 33.5. The molecule has 0 amide bonds. The maximum Gasteiger partial charge on any atom is 0.308 e. The second-order valence-corrected chi connectivity index (χ2v) is 18.8. The average molecular weight is 819 g/mol. The molecule has 0 bridgehead atoms. The van der Waals surface area contributed by atoms with Crippen molar-refractivity contribution in [2.45, 2.75) is 184 Å². The van der Waals surface area contributed by atoms with E-state index in [1.54, 1.807) is 0 Å². The van der Waals surface area contributed by atoms with Gasteiger partial charge in [-0.05, 0) is 85.5 Å². The molecule has 6 rings (SSSR count). The van der Waals surface area contributed by atoms with E-state index >= 15 is 0 Å². The molecule has 10 N–H and O–H groups in total. The number of hydrogen-bond acceptors (Lipinski definition) is 17. The van der Waals surface area contributed by atoms with E-state index < -0.39 is 123 Å². The van der Waals surface area contributed by atoms with Crippen LogP contribution in [0.25, 0.3) is 0 Å². The van der Waals surface area contributed by atoms with Crippen LogP contribution in [0, 0.1) is 28.1 Å². The van der Waals surface area contributed by atoms with Gasteiger partial charge in [-0.1, -0.05) is 33.8 Å². The Kier molecular flexibility index (Phi) is 13.6. The summed E-state index contributed by atoms with van der Waals surface area (Å²) < 4.78 is 35.3. The van der Waals surface area contributed by atoms with E-state index in [1.807, 2.05) is 6.92 Å². The van der Waals surface area contributed by atoms with Gasteiger partial charge in [-0.15, -0.1) is 0 Å². The number of carbonyl (C=O) groups excluding carboxylic acids is 1. The van der Waals surface area contributed by atoms with E-state index in [1.165, 1.54) is 0 Å². The van der Waals surface area contributed by atoms with Crippen LogP contribution in [0.2, 0.25) is 0 Å². The summed E-state index contributed by atoms with van der Waals surface area (Å²) in [5.74, 6) is -0.277. The Labute approximate surface area is 333 Å². The summed E-state index contributed by atoms with van der Waals surface area (Å²) in [7, 11) is 0. The quantitative estimate of drug-likeness (QED) is 0.0947. The van der Waals surface area contributed by atoms with Crippen molar-refractivity contribution in [1.29, 1.82) is 0 Å². The second kappa shape index (κ2) is 17.2. The molecule has 3 aliphatic carbocycles. The summed E-state index contributed by atoms with van der Waals surface area (Å²) >= 11 is 0. The standard InChI is InChI=1S/C40H66O17/c1-19-14-38(3)11-7-25-37(2,9-6-10-39(25,4)26(38)8-12-40(19,5)51)15-27(46)55-36-33(57-34-21(45)13-20(44)22(16-41)52-34)32(29(48)24(18-43)54-36)56-35-31(50)30(49)28(47)23(17-42)53-35/h20-26,28-36,41-45,47-51H,1,6-18H2,2-5H3/t20?,21?,22?,23?,24?,25-,26-,28?,29?,30?,31?,32?,33?,34?,35?,36?,37+,38-,39-,40-/m1/s1. The third kappa shape index (κ3) is 8.60. The largest absolute Gasteiger partial charge is 0.433 e. The lowest BCUT2D eigenvalue weighted by atomic mass is 9.42. The summed E-state index contributed by atoms with van der Waals surface area (Å²) in [4.78, 5) is 14.3. The number of ether oxygens (including phenoxy) is 6. The maximum absolute atomic E-state index is 14.3. The fourth-order valence-corrected chi connectivity index (χ4v) is 11.5. The van der Waals surface area contributed by atoms with Gasteiger partial charge in [-0.2, -0.15) is 0 Å². The first kappa shape index (κ1) is 45.1. The molecule has 3 heterocycles. The number of esters is 1. The van der Waals surface area contributed by atoms with Gasteiger partial charge in [-0.3, -0.25) is 4.79 Å². The molecule has 14 unspecified atom stereocenters. The van der Waals surface area contributed by atoms with E-state index in [2.05, 4.69) is 27.4 Å². The lowest BCUT2D eigenvalue weighted by Gasteiger charge is -2.63. The normalized spacial score (nSPS) is 52.0. The smallest absolute Gasteiger partial charge is 0.308 e. The molecule has 0 aromatic heterocycles. The molecular weight excluding hydrogens is 752 g/mol. The summed E-state index contributed by atoms with van der Waals surface area (Å²) in [6.07, 6.45) is -16.3. The lowest BCUT2D eigenvalue weighted by molar-refractivity contribution is -0.383. The van der Waals surface area contributed by atoms with Crippen LogP contribution in [0.15, 0.2) is 12.2 Å². The Morgan fingerprint density at radius 3 is 1.96 bits per heavy atom. The lowest BCUT2D eigenvalue weighted by Crippen LogP contribution is -2.66. The number of fused-ring (bicyclic) bond motifs is 3. The molecule has 3 saturated heterocycles. The fourth-order valence-electron chi connectivity index (χ4n) is 11.5. The molecule has 17 nitrogen and oxygen atoms in total. The van der Waals surface area contributed by atoms with Crippen molar-refractivity contribution < 1.29 is 84.3 Å². The van der Waals surface area contributed by atoms with Crippen LogP contribution in [0.3, 0.4) is 0 Å². The Morgan fingerprint density at radius 1 is 0.702 bits per heavy atom. The first-order chi connectivity index (χ1) is 26.7. The van der Waals surface area contributed by atoms with Crippen molar-refractivity contribution in [3.8, 4) is 0 Å². The monoisotopic (exact) mass is 818 g/mol. The zero-order chi connectivity index (χ0) is 41.8. The first-order valence-corrected chi connectivity index (χ1v) is 20.5. The number of carbonyl (C=O) groups is 1. The van der Waals surface area contributed by atoms with Crippen LogP contribution in [-0.2, 0) is 33.2 Å². The maximum atomic E-state index is 14.3. The number of aliphatic hydroxyl groups is 10. The molecule has 0 aromatic carbocycles. The average Bonchev–Trinajstić information content (AvgIpc) is 3.23. The summed E-state index contributed by atoms with van der Waals surface area (Å²) in [6, 6.07) is 0. The molecule has 6 fully saturated rings.